The van der Waals surface area contributed by atoms with Gasteiger partial charge in [0.05, 0.1) is 35.1 Å². The van der Waals surface area contributed by atoms with Gasteiger partial charge in [0.1, 0.15) is 0 Å². The van der Waals surface area contributed by atoms with Gasteiger partial charge in [-0.25, -0.2) is 0 Å². The number of hydrogen-bond donors (Lipinski definition) is 2. The van der Waals surface area contributed by atoms with Crippen LogP contribution in [0.5, 0.6) is 0 Å². The molecule has 2 N–H and O–H groups in total. The molecule has 2 aromatic rings. The van der Waals surface area contributed by atoms with E-state index < -0.39 is 0 Å². The largest absolute Gasteiger partial charge is 0.395 e. The Bertz CT molecular complexity index is 452. The maximum atomic E-state index is 9.48. The molecular formula is C14H16N2O2S2. The van der Waals surface area contributed by atoms with Gasteiger partial charge in [-0.1, -0.05) is 33.7 Å². The summed E-state index contributed by atoms with van der Waals surface area (Å²) in [6, 6.07) is 11.3. The summed E-state index contributed by atoms with van der Waals surface area (Å²) < 4.78 is 0. The number of nitrogens with zero attached hydrogens (tertiary/aromatic N) is 2. The van der Waals surface area contributed by atoms with Crippen LogP contribution in [0.2, 0.25) is 0 Å². The van der Waals surface area contributed by atoms with E-state index >= 15 is 0 Å². The second-order valence-corrected chi connectivity index (χ2v) is 6.72. The number of aliphatic hydroxyl groups is 2. The van der Waals surface area contributed by atoms with E-state index in [0.29, 0.717) is 0 Å². The molecular weight excluding hydrogens is 292 g/mol. The molecule has 2 heterocycles. The molecule has 0 saturated heterocycles. The minimum atomic E-state index is -0.112. The fourth-order valence-electron chi connectivity index (χ4n) is 1.61. The predicted octanol–water partition coefficient (Wildman–Crippen LogP) is 2.62. The lowest BCUT2D eigenvalue weighted by atomic mass is 10.3. The standard InChI is InChI=1S/C14H16N2O2S2/c17-9-13(11-5-1-3-7-15-11)19-20-14(10-18)12-6-2-4-8-16-12/h1-8,13-14,17-18H,9-10H2. The Hall–Kier alpha value is -1.08. The third-order valence-electron chi connectivity index (χ3n) is 2.65. The van der Waals surface area contributed by atoms with Crippen LogP contribution in [0.3, 0.4) is 0 Å². The van der Waals surface area contributed by atoms with Crippen molar-refractivity contribution in [1.82, 2.24) is 9.97 Å². The molecule has 0 aliphatic heterocycles. The molecule has 0 aliphatic carbocycles. The summed E-state index contributed by atoms with van der Waals surface area (Å²) in [5.41, 5.74) is 1.68. The Morgan fingerprint density at radius 2 is 1.25 bits per heavy atom. The zero-order valence-corrected chi connectivity index (χ0v) is 12.4. The molecule has 2 aromatic heterocycles. The Labute approximate surface area is 126 Å². The first-order chi connectivity index (χ1) is 9.85. The maximum Gasteiger partial charge on any atom is 0.0804 e. The maximum absolute atomic E-state index is 9.48. The fraction of sp³-hybridized carbons (Fsp3) is 0.286. The molecule has 20 heavy (non-hydrogen) atoms. The van der Waals surface area contributed by atoms with E-state index in [1.165, 1.54) is 21.6 Å². The van der Waals surface area contributed by atoms with E-state index in [0.717, 1.165) is 11.4 Å². The van der Waals surface area contributed by atoms with Gasteiger partial charge >= 0.3 is 0 Å². The summed E-state index contributed by atoms with van der Waals surface area (Å²) >= 11 is 0. The highest BCUT2D eigenvalue weighted by Crippen LogP contribution is 2.44. The lowest BCUT2D eigenvalue weighted by Crippen LogP contribution is -2.04. The Kier molecular flexibility index (Phi) is 6.32. The van der Waals surface area contributed by atoms with Crippen molar-refractivity contribution in [1.29, 1.82) is 0 Å². The van der Waals surface area contributed by atoms with Crippen LogP contribution in [-0.4, -0.2) is 33.4 Å². The predicted molar refractivity (Wildman–Crippen MR) is 83.3 cm³/mol. The van der Waals surface area contributed by atoms with Crippen LogP contribution in [0.1, 0.15) is 21.9 Å². The number of hydrogen-bond acceptors (Lipinski definition) is 6. The highest BCUT2D eigenvalue weighted by Gasteiger charge is 2.18. The van der Waals surface area contributed by atoms with Gasteiger partial charge in [0, 0.05) is 12.4 Å². The fourth-order valence-corrected chi connectivity index (χ4v) is 4.24. The molecule has 0 spiro atoms. The molecule has 2 atom stereocenters. The smallest absolute Gasteiger partial charge is 0.0804 e. The highest BCUT2D eigenvalue weighted by atomic mass is 33.1. The molecule has 6 heteroatoms. The van der Waals surface area contributed by atoms with Crippen LogP contribution in [0, 0.1) is 0 Å². The third-order valence-corrected chi connectivity index (χ3v) is 5.74. The monoisotopic (exact) mass is 308 g/mol. The van der Waals surface area contributed by atoms with Crippen LogP contribution in [0.25, 0.3) is 0 Å². The van der Waals surface area contributed by atoms with Crippen molar-refractivity contribution in [2.75, 3.05) is 13.2 Å². The van der Waals surface area contributed by atoms with Crippen molar-refractivity contribution in [3.8, 4) is 0 Å². The first-order valence-electron chi connectivity index (χ1n) is 6.21. The van der Waals surface area contributed by atoms with E-state index in [1.807, 2.05) is 36.4 Å². The summed E-state index contributed by atoms with van der Waals surface area (Å²) in [7, 11) is 3.01. The Balaban J connectivity index is 1.99. The van der Waals surface area contributed by atoms with Gasteiger partial charge in [0.25, 0.3) is 0 Å². The van der Waals surface area contributed by atoms with Crippen LogP contribution in [0.15, 0.2) is 48.8 Å². The van der Waals surface area contributed by atoms with Gasteiger partial charge < -0.3 is 10.2 Å². The van der Waals surface area contributed by atoms with Gasteiger partial charge in [-0.3, -0.25) is 9.97 Å². The van der Waals surface area contributed by atoms with Crippen LogP contribution in [0.4, 0.5) is 0 Å². The molecule has 0 fully saturated rings. The topological polar surface area (TPSA) is 66.2 Å². The minimum absolute atomic E-state index is 0.00898. The second-order valence-electron chi connectivity index (χ2n) is 4.04. The van der Waals surface area contributed by atoms with Crippen molar-refractivity contribution in [3.05, 3.63) is 60.2 Å². The molecule has 4 nitrogen and oxygen atoms in total. The van der Waals surface area contributed by atoms with Gasteiger partial charge in [-0.15, -0.1) is 0 Å². The summed E-state index contributed by atoms with van der Waals surface area (Å²) in [4.78, 5) is 8.51. The molecule has 0 radical (unpaired) electrons. The van der Waals surface area contributed by atoms with E-state index in [4.69, 9.17) is 0 Å². The molecule has 0 bridgehead atoms. The molecule has 2 rings (SSSR count). The number of aromatic nitrogens is 2. The third kappa shape index (κ3) is 4.21. The number of aliphatic hydroxyl groups excluding tert-OH is 2. The highest BCUT2D eigenvalue weighted by molar-refractivity contribution is 8.76. The first-order valence-corrected chi connectivity index (χ1v) is 8.48. The minimum Gasteiger partial charge on any atom is -0.395 e. The van der Waals surface area contributed by atoms with Crippen molar-refractivity contribution >= 4 is 21.6 Å². The molecule has 0 saturated carbocycles. The summed E-state index contributed by atoms with van der Waals surface area (Å²) in [5, 5.41) is 18.7. The van der Waals surface area contributed by atoms with Crippen molar-refractivity contribution in [3.63, 3.8) is 0 Å². The lowest BCUT2D eigenvalue weighted by molar-refractivity contribution is 0.293. The second kappa shape index (κ2) is 8.26. The summed E-state index contributed by atoms with van der Waals surface area (Å²) in [6.45, 7) is 0.0180. The van der Waals surface area contributed by atoms with Gasteiger partial charge in [-0.2, -0.15) is 0 Å². The van der Waals surface area contributed by atoms with Gasteiger partial charge in [0.2, 0.25) is 0 Å². The normalized spacial score (nSPS) is 13.9. The van der Waals surface area contributed by atoms with Crippen molar-refractivity contribution in [2.24, 2.45) is 0 Å². The van der Waals surface area contributed by atoms with Crippen molar-refractivity contribution in [2.45, 2.75) is 10.5 Å². The van der Waals surface area contributed by atoms with Gasteiger partial charge in [-0.05, 0) is 24.3 Å². The summed E-state index contributed by atoms with van der Waals surface area (Å²) in [5.74, 6) is 0. The number of pyridine rings is 2. The average molecular weight is 308 g/mol. The molecule has 106 valence electrons. The zero-order valence-electron chi connectivity index (χ0n) is 10.8. The van der Waals surface area contributed by atoms with Crippen molar-refractivity contribution < 1.29 is 10.2 Å². The van der Waals surface area contributed by atoms with E-state index in [2.05, 4.69) is 9.97 Å². The lowest BCUT2D eigenvalue weighted by Gasteiger charge is -2.17. The number of rotatable bonds is 7. The SMILES string of the molecule is OCC(SSC(CO)c1ccccn1)c1ccccn1. The quantitative estimate of drug-likeness (QED) is 0.767. The Morgan fingerprint density at radius 1 is 0.800 bits per heavy atom. The first kappa shape index (κ1) is 15.3. The average Bonchev–Trinajstić information content (AvgIpc) is 2.53. The van der Waals surface area contributed by atoms with E-state index in [1.54, 1.807) is 12.4 Å². The van der Waals surface area contributed by atoms with E-state index in [9.17, 15) is 10.2 Å². The van der Waals surface area contributed by atoms with E-state index in [-0.39, 0.29) is 23.7 Å². The molecule has 0 amide bonds. The molecule has 2 unspecified atom stereocenters. The van der Waals surface area contributed by atoms with Crippen LogP contribution >= 0.6 is 21.6 Å². The Morgan fingerprint density at radius 3 is 1.55 bits per heavy atom. The molecule has 0 aromatic carbocycles. The summed E-state index contributed by atoms with van der Waals surface area (Å²) in [6.07, 6.45) is 3.43. The van der Waals surface area contributed by atoms with Crippen LogP contribution < -0.4 is 0 Å². The zero-order chi connectivity index (χ0) is 14.2. The molecule has 0 aliphatic rings. The van der Waals surface area contributed by atoms with Gasteiger partial charge in [0.15, 0.2) is 0 Å². The van der Waals surface area contributed by atoms with Crippen LogP contribution in [-0.2, 0) is 0 Å².